The number of rotatable bonds is 5. The number of esters is 1. The van der Waals surface area contributed by atoms with Gasteiger partial charge < -0.3 is 13.6 Å². The van der Waals surface area contributed by atoms with Gasteiger partial charge in [-0.1, -0.05) is 12.1 Å². The molecule has 0 aliphatic heterocycles. The summed E-state index contributed by atoms with van der Waals surface area (Å²) in [5.41, 5.74) is 0.949. The van der Waals surface area contributed by atoms with Gasteiger partial charge >= 0.3 is 5.97 Å². The molecule has 0 saturated heterocycles. The second-order valence-electron chi connectivity index (χ2n) is 5.31. The lowest BCUT2D eigenvalue weighted by atomic mass is 10.3. The van der Waals surface area contributed by atoms with Crippen molar-refractivity contribution in [3.05, 3.63) is 53.9 Å². The summed E-state index contributed by atoms with van der Waals surface area (Å²) in [6, 6.07) is 11.7. The number of thiazole rings is 1. The molecule has 0 N–H and O–H groups in total. The Morgan fingerprint density at radius 2 is 2.04 bits per heavy atom. The predicted molar refractivity (Wildman–Crippen MR) is 96.3 cm³/mol. The molecule has 0 atom stereocenters. The molecule has 1 aromatic carbocycles. The van der Waals surface area contributed by atoms with Crippen LogP contribution in [0.15, 0.2) is 45.2 Å². The number of hydrogen-bond donors (Lipinski definition) is 0. The number of carbonyl (C=O) groups is 1. The molecule has 4 aromatic rings. The minimum absolute atomic E-state index is 0.0557. The third kappa shape index (κ3) is 3.40. The first-order chi connectivity index (χ1) is 12.7. The smallest absolute Gasteiger partial charge is 0.315 e. The minimum Gasteiger partial charge on any atom is -0.469 e. The maximum absolute atomic E-state index is 11.2. The van der Waals surface area contributed by atoms with Gasteiger partial charge in [0.2, 0.25) is 11.8 Å². The first-order valence-corrected chi connectivity index (χ1v) is 8.56. The molecule has 3 heterocycles. The van der Waals surface area contributed by atoms with Crippen LogP contribution < -0.4 is 0 Å². The van der Waals surface area contributed by atoms with Crippen molar-refractivity contribution in [3.8, 4) is 10.8 Å². The predicted octanol–water partition coefficient (Wildman–Crippen LogP) is 3.83. The number of carbonyl (C=O) groups excluding carboxylic acids is 1. The van der Waals surface area contributed by atoms with Crippen LogP contribution in [0.2, 0.25) is 0 Å². The molecule has 0 amide bonds. The number of methoxy groups -OCH3 is 1. The van der Waals surface area contributed by atoms with Gasteiger partial charge in [0, 0.05) is 6.08 Å². The summed E-state index contributed by atoms with van der Waals surface area (Å²) in [5, 5.41) is 8.46. The average molecular weight is 367 g/mol. The molecule has 3 aromatic heterocycles. The van der Waals surface area contributed by atoms with E-state index < -0.39 is 5.97 Å². The molecular formula is C18H13N3O4S. The zero-order valence-electron chi connectivity index (χ0n) is 13.7. The number of aromatic nitrogens is 3. The second kappa shape index (κ2) is 6.93. The Hall–Kier alpha value is -3.26. The zero-order chi connectivity index (χ0) is 17.9. The molecule has 0 bridgehead atoms. The molecule has 130 valence electrons. The van der Waals surface area contributed by atoms with E-state index in [4.69, 9.17) is 8.83 Å². The lowest BCUT2D eigenvalue weighted by Crippen LogP contribution is -2.04. The zero-order valence-corrected chi connectivity index (χ0v) is 14.5. The summed E-state index contributed by atoms with van der Waals surface area (Å²) >= 11 is 1.58. The number of para-hydroxylation sites is 1. The van der Waals surface area contributed by atoms with Crippen molar-refractivity contribution in [2.24, 2.45) is 0 Å². The molecule has 0 saturated carbocycles. The average Bonchev–Trinajstić information content (AvgIpc) is 3.38. The van der Waals surface area contributed by atoms with E-state index in [1.807, 2.05) is 36.4 Å². The highest BCUT2D eigenvalue weighted by atomic mass is 32.1. The van der Waals surface area contributed by atoms with Crippen molar-refractivity contribution in [1.82, 2.24) is 15.2 Å². The van der Waals surface area contributed by atoms with Crippen LogP contribution >= 0.6 is 11.3 Å². The Bertz CT molecular complexity index is 1060. The van der Waals surface area contributed by atoms with Crippen molar-refractivity contribution < 1.29 is 18.4 Å². The van der Waals surface area contributed by atoms with E-state index in [-0.39, 0.29) is 18.2 Å². The first-order valence-electron chi connectivity index (χ1n) is 7.74. The lowest BCUT2D eigenvalue weighted by Gasteiger charge is -1.91. The van der Waals surface area contributed by atoms with E-state index in [0.717, 1.165) is 15.2 Å². The summed E-state index contributed by atoms with van der Waals surface area (Å²) in [4.78, 5) is 15.8. The van der Waals surface area contributed by atoms with Gasteiger partial charge in [0.25, 0.3) is 0 Å². The van der Waals surface area contributed by atoms with E-state index in [2.05, 4.69) is 19.9 Å². The number of furan rings is 1. The molecule has 0 aliphatic rings. The normalized spacial score (nSPS) is 11.4. The van der Waals surface area contributed by atoms with Crippen LogP contribution in [0.25, 0.3) is 33.1 Å². The Morgan fingerprint density at radius 1 is 1.15 bits per heavy atom. The fourth-order valence-electron chi connectivity index (χ4n) is 2.29. The number of ether oxygens (including phenoxy) is 1. The van der Waals surface area contributed by atoms with Crippen LogP contribution in [0, 0.1) is 0 Å². The first kappa shape index (κ1) is 16.2. The van der Waals surface area contributed by atoms with Crippen LogP contribution in [-0.4, -0.2) is 28.3 Å². The van der Waals surface area contributed by atoms with Gasteiger partial charge in [-0.25, -0.2) is 4.98 Å². The van der Waals surface area contributed by atoms with Gasteiger partial charge in [0.05, 0.1) is 17.3 Å². The van der Waals surface area contributed by atoms with Crippen molar-refractivity contribution in [2.45, 2.75) is 6.42 Å². The standard InChI is InChI=1S/C18H13N3O4S/c1-23-17(22)10-16-21-20-15(25-16)9-7-11-6-8-13(24-11)18-19-12-4-2-3-5-14(12)26-18/h2-9H,10H2,1H3/b9-7+. The quantitative estimate of drug-likeness (QED) is 0.495. The van der Waals surface area contributed by atoms with Gasteiger partial charge in [-0.15, -0.1) is 21.5 Å². The maximum atomic E-state index is 11.2. The van der Waals surface area contributed by atoms with Crippen molar-refractivity contribution in [3.63, 3.8) is 0 Å². The third-order valence-corrected chi connectivity index (χ3v) is 4.58. The molecule has 0 spiro atoms. The lowest BCUT2D eigenvalue weighted by molar-refractivity contribution is -0.140. The van der Waals surface area contributed by atoms with Gasteiger partial charge in [-0.2, -0.15) is 0 Å². The summed E-state index contributed by atoms with van der Waals surface area (Å²) in [5.74, 6) is 1.37. The fourth-order valence-corrected chi connectivity index (χ4v) is 3.22. The second-order valence-corrected chi connectivity index (χ2v) is 6.34. The Morgan fingerprint density at radius 3 is 2.88 bits per heavy atom. The topological polar surface area (TPSA) is 91.2 Å². The van der Waals surface area contributed by atoms with Gasteiger partial charge in [0.1, 0.15) is 12.2 Å². The molecule has 26 heavy (non-hydrogen) atoms. The van der Waals surface area contributed by atoms with Crippen LogP contribution in [0.1, 0.15) is 17.5 Å². The maximum Gasteiger partial charge on any atom is 0.315 e. The Labute approximate surface area is 151 Å². The van der Waals surface area contributed by atoms with Crippen molar-refractivity contribution in [2.75, 3.05) is 7.11 Å². The van der Waals surface area contributed by atoms with E-state index in [1.54, 1.807) is 23.5 Å². The number of nitrogens with zero attached hydrogens (tertiary/aromatic N) is 3. The fraction of sp³-hybridized carbons (Fsp3) is 0.111. The van der Waals surface area contributed by atoms with E-state index >= 15 is 0 Å². The van der Waals surface area contributed by atoms with Crippen LogP contribution in [0.3, 0.4) is 0 Å². The van der Waals surface area contributed by atoms with E-state index in [1.165, 1.54) is 7.11 Å². The molecule has 4 rings (SSSR count). The molecule has 0 fully saturated rings. The third-order valence-electron chi connectivity index (χ3n) is 3.53. The highest BCUT2D eigenvalue weighted by Gasteiger charge is 2.11. The number of fused-ring (bicyclic) bond motifs is 1. The monoisotopic (exact) mass is 367 g/mol. The molecular weight excluding hydrogens is 354 g/mol. The highest BCUT2D eigenvalue weighted by Crippen LogP contribution is 2.31. The van der Waals surface area contributed by atoms with Gasteiger partial charge in [-0.3, -0.25) is 4.79 Å². The summed E-state index contributed by atoms with van der Waals surface area (Å²) in [7, 11) is 1.31. The molecule has 7 nitrogen and oxygen atoms in total. The minimum atomic E-state index is -0.435. The van der Waals surface area contributed by atoms with Crippen molar-refractivity contribution in [1.29, 1.82) is 0 Å². The van der Waals surface area contributed by atoms with E-state index in [9.17, 15) is 4.79 Å². The summed E-state index contributed by atoms with van der Waals surface area (Å²) in [6.45, 7) is 0. The van der Waals surface area contributed by atoms with E-state index in [0.29, 0.717) is 11.5 Å². The van der Waals surface area contributed by atoms with Crippen LogP contribution in [0.4, 0.5) is 0 Å². The van der Waals surface area contributed by atoms with Crippen LogP contribution in [0.5, 0.6) is 0 Å². The largest absolute Gasteiger partial charge is 0.469 e. The molecule has 0 unspecified atom stereocenters. The van der Waals surface area contributed by atoms with Crippen LogP contribution in [-0.2, 0) is 16.0 Å². The van der Waals surface area contributed by atoms with Crippen molar-refractivity contribution >= 4 is 39.7 Å². The molecule has 0 aliphatic carbocycles. The Balaban J connectivity index is 1.49. The SMILES string of the molecule is COC(=O)Cc1nnc(/C=C/c2ccc(-c3nc4ccccc4s3)o2)o1. The highest BCUT2D eigenvalue weighted by molar-refractivity contribution is 7.21. The van der Waals surface area contributed by atoms with Gasteiger partial charge in [0.15, 0.2) is 10.8 Å². The van der Waals surface area contributed by atoms with Gasteiger partial charge in [-0.05, 0) is 30.3 Å². The number of hydrogen-bond acceptors (Lipinski definition) is 8. The summed E-state index contributed by atoms with van der Waals surface area (Å²) in [6.07, 6.45) is 3.28. The summed E-state index contributed by atoms with van der Waals surface area (Å²) < 4.78 is 16.8. The molecule has 8 heteroatoms. The number of benzene rings is 1. The molecule has 0 radical (unpaired) electrons. The Kier molecular flexibility index (Phi) is 4.32.